The Hall–Kier alpha value is -1.59. The molecule has 4 fully saturated rings. The first-order valence-corrected chi connectivity index (χ1v) is 12.9. The molecule has 0 aliphatic heterocycles. The highest BCUT2D eigenvalue weighted by atomic mass is 16.5. The Bertz CT molecular complexity index is 767. The molecule has 0 aromatic carbocycles. The van der Waals surface area contributed by atoms with Crippen LogP contribution in [0.5, 0.6) is 0 Å². The quantitative estimate of drug-likeness (QED) is 0.446. The van der Waals surface area contributed by atoms with Gasteiger partial charge in [-0.15, -0.1) is 0 Å². The Morgan fingerprint density at radius 1 is 1.12 bits per heavy atom. The number of hydrogen-bond donors (Lipinski definition) is 2. The van der Waals surface area contributed by atoms with Crippen molar-refractivity contribution in [1.82, 2.24) is 5.43 Å². The molecule has 0 unspecified atom stereocenters. The summed E-state index contributed by atoms with van der Waals surface area (Å²) in [5.41, 5.74) is 9.59. The lowest BCUT2D eigenvalue weighted by Crippen LogP contribution is -2.54. The number of amides is 2. The number of carbonyl (C=O) groups excluding carboxylic acids is 2. The lowest BCUT2D eigenvalue weighted by Gasteiger charge is -2.60. The zero-order valence-electron chi connectivity index (χ0n) is 20.5. The third-order valence-electron chi connectivity index (χ3n) is 10.6. The second-order valence-corrected chi connectivity index (χ2v) is 11.8. The van der Waals surface area contributed by atoms with E-state index in [2.05, 4.69) is 31.3 Å². The highest BCUT2D eigenvalue weighted by Crippen LogP contribution is 2.68. The van der Waals surface area contributed by atoms with E-state index in [0.29, 0.717) is 29.1 Å². The van der Waals surface area contributed by atoms with Gasteiger partial charge in [-0.2, -0.15) is 5.10 Å². The predicted molar refractivity (Wildman–Crippen MR) is 126 cm³/mol. The number of hydrogen-bond acceptors (Lipinski definition) is 4. The molecule has 4 aliphatic rings. The molecule has 4 rings (SSSR count). The van der Waals surface area contributed by atoms with Crippen molar-refractivity contribution in [3.8, 4) is 0 Å². The fourth-order valence-corrected chi connectivity index (χ4v) is 8.92. The van der Waals surface area contributed by atoms with Crippen LogP contribution in [0.4, 0.5) is 4.79 Å². The molecule has 180 valence electrons. The van der Waals surface area contributed by atoms with Crippen LogP contribution < -0.4 is 11.2 Å². The number of methoxy groups -OCH3 is 1. The van der Waals surface area contributed by atoms with Crippen molar-refractivity contribution in [2.75, 3.05) is 7.11 Å². The number of nitrogens with two attached hydrogens (primary N) is 1. The molecule has 0 bridgehead atoms. The first-order chi connectivity index (χ1) is 15.2. The van der Waals surface area contributed by atoms with Gasteiger partial charge in [0.25, 0.3) is 0 Å². The van der Waals surface area contributed by atoms with Gasteiger partial charge in [0, 0.05) is 12.1 Å². The molecule has 0 heterocycles. The molecule has 6 heteroatoms. The largest absolute Gasteiger partial charge is 0.469 e. The fraction of sp³-hybridized carbons (Fsp3) is 0.885. The first-order valence-electron chi connectivity index (χ1n) is 12.9. The summed E-state index contributed by atoms with van der Waals surface area (Å²) < 4.78 is 4.89. The average molecular weight is 446 g/mol. The number of rotatable bonds is 5. The minimum Gasteiger partial charge on any atom is -0.469 e. The van der Waals surface area contributed by atoms with Gasteiger partial charge in [-0.25, -0.2) is 10.2 Å². The van der Waals surface area contributed by atoms with Crippen LogP contribution >= 0.6 is 0 Å². The van der Waals surface area contributed by atoms with Gasteiger partial charge < -0.3 is 10.5 Å². The maximum Gasteiger partial charge on any atom is 0.332 e. The number of urea groups is 1. The van der Waals surface area contributed by atoms with Crippen LogP contribution in [0.1, 0.15) is 91.4 Å². The van der Waals surface area contributed by atoms with Crippen LogP contribution in [0.25, 0.3) is 0 Å². The number of carbonyl (C=O) groups is 2. The molecule has 6 nitrogen and oxygen atoms in total. The topological polar surface area (TPSA) is 93.8 Å². The maximum atomic E-state index is 11.7. The molecule has 0 aromatic rings. The van der Waals surface area contributed by atoms with Gasteiger partial charge in [0.15, 0.2) is 0 Å². The minimum absolute atomic E-state index is 0.0715. The van der Waals surface area contributed by atoms with Crippen LogP contribution in [0.3, 0.4) is 0 Å². The van der Waals surface area contributed by atoms with Gasteiger partial charge in [-0.05, 0) is 111 Å². The van der Waals surface area contributed by atoms with Gasteiger partial charge >= 0.3 is 12.0 Å². The van der Waals surface area contributed by atoms with E-state index < -0.39 is 6.03 Å². The maximum absolute atomic E-state index is 11.7. The molecule has 32 heavy (non-hydrogen) atoms. The van der Waals surface area contributed by atoms with E-state index in [1.807, 2.05) is 0 Å². The van der Waals surface area contributed by atoms with Gasteiger partial charge in [-0.3, -0.25) is 4.79 Å². The van der Waals surface area contributed by atoms with Crippen molar-refractivity contribution in [3.63, 3.8) is 0 Å². The van der Waals surface area contributed by atoms with Crippen molar-refractivity contribution in [2.24, 2.45) is 57.2 Å². The Morgan fingerprint density at radius 2 is 1.88 bits per heavy atom. The molecule has 0 radical (unpaired) electrons. The van der Waals surface area contributed by atoms with E-state index in [0.717, 1.165) is 48.6 Å². The van der Waals surface area contributed by atoms with Crippen LogP contribution in [0.2, 0.25) is 0 Å². The molecule has 0 aromatic heterocycles. The number of ether oxygens (including phenoxy) is 1. The molecule has 4 aliphatic carbocycles. The minimum atomic E-state index is -0.572. The zero-order valence-corrected chi connectivity index (χ0v) is 20.5. The van der Waals surface area contributed by atoms with Gasteiger partial charge in [0.2, 0.25) is 0 Å². The monoisotopic (exact) mass is 445 g/mol. The van der Waals surface area contributed by atoms with E-state index in [1.54, 1.807) is 0 Å². The van der Waals surface area contributed by atoms with Crippen LogP contribution in [0.15, 0.2) is 5.10 Å². The molecular weight excluding hydrogens is 402 g/mol. The first kappa shape index (κ1) is 23.6. The number of hydrazone groups is 1. The van der Waals surface area contributed by atoms with Crippen LogP contribution in [-0.2, 0) is 9.53 Å². The summed E-state index contributed by atoms with van der Waals surface area (Å²) in [6.45, 7) is 7.50. The Balaban J connectivity index is 1.45. The summed E-state index contributed by atoms with van der Waals surface area (Å²) in [5, 5.41) is 4.30. The zero-order chi connectivity index (χ0) is 23.1. The van der Waals surface area contributed by atoms with Crippen LogP contribution in [-0.4, -0.2) is 24.8 Å². The van der Waals surface area contributed by atoms with Crippen molar-refractivity contribution < 1.29 is 14.3 Å². The average Bonchev–Trinajstić information content (AvgIpc) is 3.12. The number of primary amides is 1. The van der Waals surface area contributed by atoms with E-state index in [1.165, 1.54) is 52.1 Å². The van der Waals surface area contributed by atoms with Crippen LogP contribution in [0, 0.1) is 46.3 Å². The number of esters is 1. The molecule has 3 N–H and O–H groups in total. The Kier molecular flexibility index (Phi) is 6.61. The second-order valence-electron chi connectivity index (χ2n) is 11.8. The summed E-state index contributed by atoms with van der Waals surface area (Å²) in [6, 6.07) is -0.572. The fourth-order valence-electron chi connectivity index (χ4n) is 8.92. The van der Waals surface area contributed by atoms with E-state index >= 15 is 0 Å². The highest BCUT2D eigenvalue weighted by molar-refractivity contribution is 5.87. The van der Waals surface area contributed by atoms with E-state index in [4.69, 9.17) is 10.5 Å². The molecular formula is C26H43N3O3. The highest BCUT2D eigenvalue weighted by Gasteiger charge is 2.60. The lowest BCUT2D eigenvalue weighted by atomic mass is 9.44. The molecule has 2 amide bonds. The summed E-state index contributed by atoms with van der Waals surface area (Å²) in [6.07, 6.45) is 12.7. The third kappa shape index (κ3) is 4.07. The van der Waals surface area contributed by atoms with Gasteiger partial charge in [0.05, 0.1) is 7.11 Å². The smallest absolute Gasteiger partial charge is 0.332 e. The van der Waals surface area contributed by atoms with Crippen molar-refractivity contribution in [2.45, 2.75) is 91.4 Å². The lowest BCUT2D eigenvalue weighted by molar-refractivity contribution is -0.141. The van der Waals surface area contributed by atoms with E-state index in [-0.39, 0.29) is 5.97 Å². The predicted octanol–water partition coefficient (Wildman–Crippen LogP) is 5.26. The molecule has 8 atom stereocenters. The van der Waals surface area contributed by atoms with Crippen molar-refractivity contribution >= 4 is 17.7 Å². The Morgan fingerprint density at radius 3 is 2.59 bits per heavy atom. The summed E-state index contributed by atoms with van der Waals surface area (Å²) in [5.74, 6) is 4.40. The van der Waals surface area contributed by atoms with Gasteiger partial charge in [-0.1, -0.05) is 20.8 Å². The summed E-state index contributed by atoms with van der Waals surface area (Å²) in [7, 11) is 1.49. The Labute approximate surface area is 193 Å². The molecule has 4 saturated carbocycles. The summed E-state index contributed by atoms with van der Waals surface area (Å²) in [4.78, 5) is 22.7. The summed E-state index contributed by atoms with van der Waals surface area (Å²) >= 11 is 0. The third-order valence-corrected chi connectivity index (χ3v) is 10.6. The molecule has 0 spiro atoms. The van der Waals surface area contributed by atoms with Crippen molar-refractivity contribution in [1.29, 1.82) is 0 Å². The SMILES string of the molecule is COC(=O)CC[C@H](C)[C@H]1CC[C@H]2[C@H]3CC[C@@H]4C/C(=N/NC(N)=O)CC[C@]4(C)[C@@H]3CC[C@]12C. The molecule has 0 saturated heterocycles. The van der Waals surface area contributed by atoms with E-state index in [9.17, 15) is 9.59 Å². The van der Waals surface area contributed by atoms with Gasteiger partial charge in [0.1, 0.15) is 0 Å². The number of nitrogens with one attached hydrogen (secondary N) is 1. The standard InChI is InChI=1S/C26H43N3O3/c1-16(5-10-23(30)32-4)20-8-9-21-19-7-6-17-15-18(28-29-24(27)31)11-13-25(17,2)22(19)12-14-26(20,21)3/h16-17,19-22H,5-15H2,1-4H3,(H3,27,29,31)/b28-18+/t16-,17+,19+,20+,21-,22+,25-,26+/m0/s1. The second kappa shape index (κ2) is 8.98. The number of fused-ring (bicyclic) bond motifs is 5. The normalized spacial score (nSPS) is 43.0. The number of nitrogens with zero attached hydrogens (tertiary/aromatic N) is 1. The van der Waals surface area contributed by atoms with Crippen molar-refractivity contribution in [3.05, 3.63) is 0 Å².